The summed E-state index contributed by atoms with van der Waals surface area (Å²) in [6.45, 7) is 4.55. The molecule has 6 heteroatoms. The summed E-state index contributed by atoms with van der Waals surface area (Å²) >= 11 is 0. The van der Waals surface area contributed by atoms with E-state index in [2.05, 4.69) is 6.58 Å². The van der Waals surface area contributed by atoms with Gasteiger partial charge in [0.2, 0.25) is 5.91 Å². The van der Waals surface area contributed by atoms with E-state index in [4.69, 9.17) is 9.47 Å². The summed E-state index contributed by atoms with van der Waals surface area (Å²) in [4.78, 5) is 36.9. The van der Waals surface area contributed by atoms with Gasteiger partial charge < -0.3 is 14.4 Å². The third-order valence-corrected chi connectivity index (χ3v) is 4.94. The van der Waals surface area contributed by atoms with Crippen molar-refractivity contribution in [3.05, 3.63) is 12.2 Å². The Morgan fingerprint density at radius 2 is 2.10 bits per heavy atom. The molecule has 5 atom stereocenters. The lowest BCUT2D eigenvalue weighted by Gasteiger charge is -2.29. The van der Waals surface area contributed by atoms with Crippen molar-refractivity contribution in [2.24, 2.45) is 17.8 Å². The molecule has 1 amide bonds. The molecule has 6 nitrogen and oxygen atoms in total. The van der Waals surface area contributed by atoms with Crippen LogP contribution in [0.25, 0.3) is 0 Å². The van der Waals surface area contributed by atoms with Crippen LogP contribution >= 0.6 is 0 Å². The summed E-state index contributed by atoms with van der Waals surface area (Å²) in [5.74, 6) is -0.330. The Kier molecular flexibility index (Phi) is 3.26. The van der Waals surface area contributed by atoms with E-state index in [1.807, 2.05) is 0 Å². The molecule has 1 saturated heterocycles. The first-order valence-electron chi connectivity index (χ1n) is 7.19. The molecule has 5 unspecified atom stereocenters. The second-order valence-electron chi connectivity index (χ2n) is 6.25. The Balaban J connectivity index is 1.59. The number of rotatable bonds is 4. The lowest BCUT2D eigenvalue weighted by atomic mass is 9.88. The predicted octanol–water partition coefficient (Wildman–Crippen LogP) is 0.514. The number of fused-ring (bicyclic) bond motifs is 1. The molecule has 3 rings (SSSR count). The maximum Gasteiger partial charge on any atom is 0.344 e. The molecule has 1 heterocycles. The molecule has 1 aliphatic heterocycles. The van der Waals surface area contributed by atoms with Crippen molar-refractivity contribution < 1.29 is 23.9 Å². The number of hydrogen-bond donors (Lipinski definition) is 0. The Hall–Kier alpha value is -1.85. The highest BCUT2D eigenvalue weighted by Gasteiger charge is 2.63. The molecule has 21 heavy (non-hydrogen) atoms. The van der Waals surface area contributed by atoms with E-state index in [-0.39, 0.29) is 35.5 Å². The van der Waals surface area contributed by atoms with Crippen molar-refractivity contribution in [3.63, 3.8) is 0 Å². The van der Waals surface area contributed by atoms with Crippen LogP contribution in [0, 0.1) is 17.8 Å². The number of hydrogen-bond acceptors (Lipinski definition) is 5. The van der Waals surface area contributed by atoms with E-state index in [1.165, 1.54) is 6.92 Å². The summed E-state index contributed by atoms with van der Waals surface area (Å²) in [5, 5.41) is 0. The second kappa shape index (κ2) is 4.86. The maximum atomic E-state index is 12.1. The van der Waals surface area contributed by atoms with Crippen LogP contribution in [0.4, 0.5) is 0 Å². The molecule has 2 aliphatic carbocycles. The maximum absolute atomic E-state index is 12.1. The fourth-order valence-electron chi connectivity index (χ4n) is 4.08. The third-order valence-electron chi connectivity index (χ3n) is 4.94. The average Bonchev–Trinajstić information content (AvgIpc) is 3.04. The highest BCUT2D eigenvalue weighted by atomic mass is 16.6. The number of carbonyl (C=O) groups excluding carboxylic acids is 3. The van der Waals surface area contributed by atoms with Crippen molar-refractivity contribution in [1.82, 2.24) is 4.90 Å². The second-order valence-corrected chi connectivity index (χ2v) is 6.25. The molecule has 2 saturated carbocycles. The van der Waals surface area contributed by atoms with Crippen molar-refractivity contribution in [2.75, 3.05) is 13.7 Å². The lowest BCUT2D eigenvalue weighted by molar-refractivity contribution is -0.164. The Bertz CT molecular complexity index is 528. The quantitative estimate of drug-likeness (QED) is 0.558. The van der Waals surface area contributed by atoms with Gasteiger partial charge in [0.15, 0.2) is 6.61 Å². The molecule has 114 valence electrons. The minimum absolute atomic E-state index is 0.0120. The smallest absolute Gasteiger partial charge is 0.344 e. The fraction of sp³-hybridized carbons (Fsp3) is 0.667. The zero-order valence-corrected chi connectivity index (χ0v) is 12.2. The monoisotopic (exact) mass is 293 g/mol. The number of ether oxygens (including phenoxy) is 2. The van der Waals surface area contributed by atoms with Crippen LogP contribution < -0.4 is 0 Å². The summed E-state index contributed by atoms with van der Waals surface area (Å²) in [5.41, 5.74) is 0.242. The van der Waals surface area contributed by atoms with Gasteiger partial charge in [0.1, 0.15) is 6.10 Å². The number of likely N-dealkylation sites (N-methyl/N-ethyl adjacent to an activating group) is 1. The average molecular weight is 293 g/mol. The van der Waals surface area contributed by atoms with Crippen LogP contribution in [0.1, 0.15) is 19.8 Å². The lowest BCUT2D eigenvalue weighted by Crippen LogP contribution is -2.42. The molecule has 3 fully saturated rings. The number of nitrogens with zero attached hydrogens (tertiary/aromatic N) is 1. The van der Waals surface area contributed by atoms with E-state index in [1.54, 1.807) is 11.9 Å². The number of amides is 1. The number of esters is 2. The Morgan fingerprint density at radius 1 is 1.38 bits per heavy atom. The summed E-state index contributed by atoms with van der Waals surface area (Å²) in [6.07, 6.45) is 1.47. The minimum atomic E-state index is -0.604. The molecule has 0 aromatic rings. The van der Waals surface area contributed by atoms with Crippen LogP contribution in [0.5, 0.6) is 0 Å². The van der Waals surface area contributed by atoms with E-state index in [0.717, 1.165) is 12.8 Å². The number of carbonyl (C=O) groups is 3. The van der Waals surface area contributed by atoms with E-state index in [9.17, 15) is 14.4 Å². The third kappa shape index (κ3) is 2.13. The molecule has 0 spiro atoms. The van der Waals surface area contributed by atoms with Gasteiger partial charge in [-0.1, -0.05) is 6.58 Å². The van der Waals surface area contributed by atoms with Gasteiger partial charge in [-0.2, -0.15) is 0 Å². The largest absolute Gasteiger partial charge is 0.457 e. The van der Waals surface area contributed by atoms with Gasteiger partial charge in [0.05, 0.1) is 6.04 Å². The van der Waals surface area contributed by atoms with Gasteiger partial charge in [-0.25, -0.2) is 9.59 Å². The van der Waals surface area contributed by atoms with Gasteiger partial charge in [-0.3, -0.25) is 4.79 Å². The first-order chi connectivity index (χ1) is 9.90. The fourth-order valence-corrected chi connectivity index (χ4v) is 4.08. The molecule has 0 radical (unpaired) electrons. The predicted molar refractivity (Wildman–Crippen MR) is 71.9 cm³/mol. The molecule has 0 N–H and O–H groups in total. The molecule has 0 aromatic heterocycles. The normalized spacial score (nSPS) is 36.0. The van der Waals surface area contributed by atoms with Gasteiger partial charge in [-0.05, 0) is 31.6 Å². The highest BCUT2D eigenvalue weighted by Crippen LogP contribution is 2.55. The first-order valence-corrected chi connectivity index (χ1v) is 7.19. The van der Waals surface area contributed by atoms with Crippen LogP contribution in [0.3, 0.4) is 0 Å². The standard InChI is InChI=1S/C15H19NO5/c1-7(2)15(19)20-6-11(17)21-13-8-4-9-10(5-8)14(18)16(3)12(9)13/h8-10,12-13H,1,4-6H2,2-3H3. The van der Waals surface area contributed by atoms with Crippen molar-refractivity contribution >= 4 is 17.8 Å². The SMILES string of the molecule is C=C(C)C(=O)OCC(=O)OC1C2CC3C(=O)N(C)C1C3C2. The van der Waals surface area contributed by atoms with Crippen molar-refractivity contribution in [2.45, 2.75) is 31.9 Å². The van der Waals surface area contributed by atoms with Crippen molar-refractivity contribution in [1.29, 1.82) is 0 Å². The van der Waals surface area contributed by atoms with Gasteiger partial charge in [0.25, 0.3) is 0 Å². The van der Waals surface area contributed by atoms with Crippen LogP contribution in [-0.4, -0.2) is 48.5 Å². The molecular weight excluding hydrogens is 274 g/mol. The first kappa shape index (κ1) is 14.1. The van der Waals surface area contributed by atoms with Crippen molar-refractivity contribution in [3.8, 4) is 0 Å². The molecule has 0 aromatic carbocycles. The van der Waals surface area contributed by atoms with Crippen LogP contribution in [0.2, 0.25) is 0 Å². The van der Waals surface area contributed by atoms with Gasteiger partial charge >= 0.3 is 11.9 Å². The van der Waals surface area contributed by atoms with Gasteiger partial charge in [-0.15, -0.1) is 0 Å². The highest BCUT2D eigenvalue weighted by molar-refractivity contribution is 5.88. The molecular formula is C15H19NO5. The van der Waals surface area contributed by atoms with E-state index < -0.39 is 18.5 Å². The van der Waals surface area contributed by atoms with Crippen LogP contribution in [-0.2, 0) is 23.9 Å². The Morgan fingerprint density at radius 3 is 2.76 bits per heavy atom. The minimum Gasteiger partial charge on any atom is -0.457 e. The summed E-state index contributed by atoms with van der Waals surface area (Å²) < 4.78 is 10.3. The zero-order chi connectivity index (χ0) is 15.3. The Labute approximate surface area is 123 Å². The molecule has 2 bridgehead atoms. The zero-order valence-electron chi connectivity index (χ0n) is 12.2. The van der Waals surface area contributed by atoms with Crippen LogP contribution in [0.15, 0.2) is 12.2 Å². The number of likely N-dealkylation sites (tertiary alicyclic amines) is 1. The topological polar surface area (TPSA) is 72.9 Å². The van der Waals surface area contributed by atoms with E-state index >= 15 is 0 Å². The molecule has 3 aliphatic rings. The summed E-state index contributed by atoms with van der Waals surface area (Å²) in [7, 11) is 1.77. The summed E-state index contributed by atoms with van der Waals surface area (Å²) in [6, 6.07) is -0.0120. The van der Waals surface area contributed by atoms with Gasteiger partial charge in [0, 0.05) is 18.5 Å². The van der Waals surface area contributed by atoms with E-state index in [0.29, 0.717) is 5.92 Å².